The van der Waals surface area contributed by atoms with Crippen LogP contribution in [0.25, 0.3) is 11.0 Å². The summed E-state index contributed by atoms with van der Waals surface area (Å²) in [5, 5.41) is 0. The van der Waals surface area contributed by atoms with Crippen molar-refractivity contribution in [3.8, 4) is 0 Å². The molecule has 7 nitrogen and oxygen atoms in total. The minimum Gasteiger partial charge on any atom is -0.467 e. The summed E-state index contributed by atoms with van der Waals surface area (Å²) in [6.07, 6.45) is 2.18. The predicted octanol–water partition coefficient (Wildman–Crippen LogP) is 3.99. The molecule has 3 heterocycles. The Bertz CT molecular complexity index is 1250. The van der Waals surface area contributed by atoms with E-state index in [0.717, 1.165) is 16.6 Å². The van der Waals surface area contributed by atoms with Crippen LogP contribution in [0.2, 0.25) is 0 Å². The van der Waals surface area contributed by atoms with Gasteiger partial charge in [0, 0.05) is 6.54 Å². The minimum atomic E-state index is -1.07. The van der Waals surface area contributed by atoms with Gasteiger partial charge in [-0.25, -0.2) is 4.98 Å². The summed E-state index contributed by atoms with van der Waals surface area (Å²) in [6.45, 7) is 2.32. The van der Waals surface area contributed by atoms with E-state index in [1.807, 2.05) is 59.2 Å². The summed E-state index contributed by atoms with van der Waals surface area (Å²) < 4.78 is 13.0. The second-order valence-corrected chi connectivity index (χ2v) is 7.69. The van der Waals surface area contributed by atoms with Gasteiger partial charge in [-0.05, 0) is 43.2 Å². The first-order valence-electron chi connectivity index (χ1n) is 10.7. The molecule has 0 saturated carbocycles. The van der Waals surface area contributed by atoms with E-state index in [1.165, 1.54) is 0 Å². The maximum Gasteiger partial charge on any atom is 0.321 e. The van der Waals surface area contributed by atoms with Crippen molar-refractivity contribution in [3.05, 3.63) is 84.3 Å². The topological polar surface area (TPSA) is 77.6 Å². The fourth-order valence-corrected chi connectivity index (χ4v) is 4.36. The molecule has 0 fully saturated rings. The number of anilines is 1. The lowest BCUT2D eigenvalue weighted by molar-refractivity contribution is -0.153. The number of aromatic nitrogens is 2. The van der Waals surface area contributed by atoms with Gasteiger partial charge in [0.05, 0.1) is 23.9 Å². The van der Waals surface area contributed by atoms with Crippen molar-refractivity contribution in [1.82, 2.24) is 9.55 Å². The summed E-state index contributed by atoms with van der Waals surface area (Å²) in [5.41, 5.74) is 2.68. The standard InChI is InChI=1S/C25H23N3O4/c1-2-31-24(30)21-22(20-13-8-16-32-20)28-19-12-7-6-11-18(19)26-25(28)27(23(21)29)15-14-17-9-4-3-5-10-17/h3-13,16,21-22H,2,14-15H2,1H3/t21-,22+/m0/s1. The van der Waals surface area contributed by atoms with Crippen molar-refractivity contribution >= 4 is 28.9 Å². The Hall–Kier alpha value is -3.87. The van der Waals surface area contributed by atoms with Gasteiger partial charge in [-0.15, -0.1) is 0 Å². The fourth-order valence-electron chi connectivity index (χ4n) is 4.36. The van der Waals surface area contributed by atoms with Crippen LogP contribution in [0.3, 0.4) is 0 Å². The van der Waals surface area contributed by atoms with E-state index in [4.69, 9.17) is 14.1 Å². The average molecular weight is 429 g/mol. The Labute approximate surface area is 185 Å². The van der Waals surface area contributed by atoms with Gasteiger partial charge in [-0.3, -0.25) is 19.1 Å². The summed E-state index contributed by atoms with van der Waals surface area (Å²) in [7, 11) is 0. The van der Waals surface area contributed by atoms with Crippen LogP contribution in [0.1, 0.15) is 24.3 Å². The lowest BCUT2D eigenvalue weighted by atomic mass is 9.93. The second-order valence-electron chi connectivity index (χ2n) is 7.69. The summed E-state index contributed by atoms with van der Waals surface area (Å²) in [4.78, 5) is 33.2. The van der Waals surface area contributed by atoms with Gasteiger partial charge in [0.15, 0.2) is 5.92 Å². The van der Waals surface area contributed by atoms with Crippen LogP contribution < -0.4 is 4.90 Å². The second kappa shape index (κ2) is 8.34. The highest BCUT2D eigenvalue weighted by Crippen LogP contribution is 2.41. The average Bonchev–Trinajstić information content (AvgIpc) is 3.47. The summed E-state index contributed by atoms with van der Waals surface area (Å²) in [6, 6.07) is 20.5. The van der Waals surface area contributed by atoms with Crippen molar-refractivity contribution in [1.29, 1.82) is 0 Å². The lowest BCUT2D eigenvalue weighted by Crippen LogP contribution is -2.50. The highest BCUT2D eigenvalue weighted by Gasteiger charge is 2.48. The van der Waals surface area contributed by atoms with Gasteiger partial charge >= 0.3 is 5.97 Å². The fraction of sp³-hybridized carbons (Fsp3) is 0.240. The molecule has 0 aliphatic carbocycles. The molecule has 2 aromatic heterocycles. The number of hydrogen-bond acceptors (Lipinski definition) is 5. The van der Waals surface area contributed by atoms with Gasteiger partial charge in [0.25, 0.3) is 0 Å². The number of amides is 1. The Morgan fingerprint density at radius 1 is 1.06 bits per heavy atom. The van der Waals surface area contributed by atoms with Gasteiger partial charge < -0.3 is 9.15 Å². The van der Waals surface area contributed by atoms with Crippen LogP contribution in [0.4, 0.5) is 5.95 Å². The molecule has 0 N–H and O–H groups in total. The van der Waals surface area contributed by atoms with Crippen molar-refractivity contribution in [2.45, 2.75) is 19.4 Å². The smallest absolute Gasteiger partial charge is 0.321 e. The molecule has 0 saturated heterocycles. The van der Waals surface area contributed by atoms with Crippen LogP contribution in [0.5, 0.6) is 0 Å². The number of fused-ring (bicyclic) bond motifs is 3. The number of rotatable bonds is 6. The molecule has 1 aliphatic rings. The van der Waals surface area contributed by atoms with Crippen molar-refractivity contribution < 1.29 is 18.7 Å². The molecule has 4 aromatic rings. The number of carbonyl (C=O) groups excluding carboxylic acids is 2. The van der Waals surface area contributed by atoms with Gasteiger partial charge in [-0.2, -0.15) is 0 Å². The normalized spacial score (nSPS) is 18.0. The van der Waals surface area contributed by atoms with Crippen LogP contribution >= 0.6 is 0 Å². The Kier molecular flexibility index (Phi) is 5.23. The van der Waals surface area contributed by atoms with Gasteiger partial charge in [0.1, 0.15) is 11.8 Å². The summed E-state index contributed by atoms with van der Waals surface area (Å²) >= 11 is 0. The number of imidazole rings is 1. The van der Waals surface area contributed by atoms with E-state index in [1.54, 1.807) is 30.2 Å². The van der Waals surface area contributed by atoms with E-state index in [0.29, 0.717) is 24.7 Å². The van der Waals surface area contributed by atoms with E-state index >= 15 is 0 Å². The van der Waals surface area contributed by atoms with Crippen molar-refractivity contribution in [2.24, 2.45) is 5.92 Å². The first kappa shape index (κ1) is 20.1. The molecule has 0 bridgehead atoms. The number of carbonyl (C=O) groups is 2. The number of para-hydroxylation sites is 2. The van der Waals surface area contributed by atoms with Crippen molar-refractivity contribution in [3.63, 3.8) is 0 Å². The quantitative estimate of drug-likeness (QED) is 0.342. The molecule has 0 radical (unpaired) electrons. The Morgan fingerprint density at radius 3 is 2.59 bits per heavy atom. The zero-order valence-electron chi connectivity index (χ0n) is 17.7. The molecule has 7 heteroatoms. The van der Waals surface area contributed by atoms with Crippen LogP contribution in [0.15, 0.2) is 77.4 Å². The number of ether oxygens (including phenoxy) is 1. The van der Waals surface area contributed by atoms with E-state index in [-0.39, 0.29) is 12.5 Å². The zero-order chi connectivity index (χ0) is 22.1. The molecule has 0 spiro atoms. The number of furan rings is 1. The monoisotopic (exact) mass is 429 g/mol. The Morgan fingerprint density at radius 2 is 1.84 bits per heavy atom. The van der Waals surface area contributed by atoms with Crippen LogP contribution in [-0.4, -0.2) is 34.6 Å². The molecule has 2 atom stereocenters. The Balaban J connectivity index is 1.66. The largest absolute Gasteiger partial charge is 0.467 e. The zero-order valence-corrected chi connectivity index (χ0v) is 17.7. The first-order chi connectivity index (χ1) is 15.7. The molecule has 1 aliphatic heterocycles. The van der Waals surface area contributed by atoms with Crippen LogP contribution in [-0.2, 0) is 20.7 Å². The SMILES string of the molecule is CCOC(=O)[C@@H]1C(=O)N(CCc2ccccc2)c2nc3ccccc3n2[C@@H]1c1ccco1. The third-order valence-corrected chi connectivity index (χ3v) is 5.79. The van der Waals surface area contributed by atoms with E-state index in [2.05, 4.69) is 0 Å². The predicted molar refractivity (Wildman–Crippen MR) is 119 cm³/mol. The highest BCUT2D eigenvalue weighted by atomic mass is 16.5. The molecule has 5 rings (SSSR count). The number of nitrogens with zero attached hydrogens (tertiary/aromatic N) is 3. The molecule has 2 aromatic carbocycles. The number of hydrogen-bond donors (Lipinski definition) is 0. The maximum absolute atomic E-state index is 13.7. The van der Waals surface area contributed by atoms with Gasteiger partial charge in [-0.1, -0.05) is 42.5 Å². The molecule has 32 heavy (non-hydrogen) atoms. The maximum atomic E-state index is 13.7. The van der Waals surface area contributed by atoms with Crippen LogP contribution in [0, 0.1) is 5.92 Å². The number of esters is 1. The summed E-state index contributed by atoms with van der Waals surface area (Å²) in [5.74, 6) is -0.935. The molecular weight excluding hydrogens is 406 g/mol. The first-order valence-corrected chi connectivity index (χ1v) is 10.7. The minimum absolute atomic E-state index is 0.190. The highest BCUT2D eigenvalue weighted by molar-refractivity contribution is 6.08. The van der Waals surface area contributed by atoms with E-state index < -0.39 is 17.9 Å². The molecular formula is C25H23N3O4. The van der Waals surface area contributed by atoms with Crippen molar-refractivity contribution in [2.75, 3.05) is 18.1 Å². The number of benzene rings is 2. The van der Waals surface area contributed by atoms with E-state index in [9.17, 15) is 9.59 Å². The molecule has 162 valence electrons. The third-order valence-electron chi connectivity index (χ3n) is 5.79. The molecule has 0 unspecified atom stereocenters. The van der Waals surface area contributed by atoms with Gasteiger partial charge in [0.2, 0.25) is 11.9 Å². The lowest BCUT2D eigenvalue weighted by Gasteiger charge is -2.36. The third kappa shape index (κ3) is 3.36. The molecule has 1 amide bonds.